The molecule has 0 atom stereocenters. The zero-order valence-corrected chi connectivity index (χ0v) is 12.9. The predicted molar refractivity (Wildman–Crippen MR) is 91.1 cm³/mol. The molecule has 0 aliphatic carbocycles. The second-order valence-corrected chi connectivity index (χ2v) is 5.31. The number of amides is 3. The van der Waals surface area contributed by atoms with E-state index >= 15 is 0 Å². The van der Waals surface area contributed by atoms with E-state index in [4.69, 9.17) is 5.73 Å². The Balaban J connectivity index is 1.69. The van der Waals surface area contributed by atoms with Crippen LogP contribution < -0.4 is 16.4 Å². The van der Waals surface area contributed by atoms with Crippen molar-refractivity contribution in [2.75, 3.05) is 11.9 Å². The summed E-state index contributed by atoms with van der Waals surface area (Å²) < 4.78 is 0. The molecular formula is C18H21N3O2. The first-order valence-electron chi connectivity index (χ1n) is 7.59. The molecule has 0 spiro atoms. The van der Waals surface area contributed by atoms with Crippen LogP contribution >= 0.6 is 0 Å². The van der Waals surface area contributed by atoms with Gasteiger partial charge in [0.2, 0.25) is 5.91 Å². The van der Waals surface area contributed by atoms with Gasteiger partial charge in [-0.2, -0.15) is 0 Å². The number of hydrogen-bond donors (Lipinski definition) is 3. The Morgan fingerprint density at radius 2 is 1.61 bits per heavy atom. The third kappa shape index (κ3) is 6.22. The topological polar surface area (TPSA) is 84.2 Å². The SMILES string of the molecule is NC(=O)Cc1ccc(NC(=O)NCCCc2ccccc2)cc1. The molecule has 0 fully saturated rings. The molecular weight excluding hydrogens is 290 g/mol. The van der Waals surface area contributed by atoms with Crippen molar-refractivity contribution in [3.63, 3.8) is 0 Å². The van der Waals surface area contributed by atoms with Crippen LogP contribution in [0.1, 0.15) is 17.5 Å². The van der Waals surface area contributed by atoms with Crippen molar-refractivity contribution in [1.29, 1.82) is 0 Å². The Bertz CT molecular complexity index is 639. The van der Waals surface area contributed by atoms with Gasteiger partial charge in [-0.1, -0.05) is 42.5 Å². The summed E-state index contributed by atoms with van der Waals surface area (Å²) >= 11 is 0. The van der Waals surface area contributed by atoms with Crippen molar-refractivity contribution in [1.82, 2.24) is 5.32 Å². The quantitative estimate of drug-likeness (QED) is 0.686. The highest BCUT2D eigenvalue weighted by Gasteiger charge is 2.02. The third-order valence-electron chi connectivity index (χ3n) is 3.36. The zero-order chi connectivity index (χ0) is 16.5. The van der Waals surface area contributed by atoms with E-state index in [0.717, 1.165) is 18.4 Å². The summed E-state index contributed by atoms with van der Waals surface area (Å²) in [6.07, 6.45) is 2.02. The van der Waals surface area contributed by atoms with Gasteiger partial charge in [-0.3, -0.25) is 4.79 Å². The molecule has 2 aromatic carbocycles. The van der Waals surface area contributed by atoms with Gasteiger partial charge in [0, 0.05) is 12.2 Å². The fraction of sp³-hybridized carbons (Fsp3) is 0.222. The number of nitrogens with two attached hydrogens (primary N) is 1. The molecule has 4 N–H and O–H groups in total. The standard InChI is InChI=1S/C18H21N3O2/c19-17(22)13-15-8-10-16(11-9-15)21-18(23)20-12-4-7-14-5-2-1-3-6-14/h1-3,5-6,8-11H,4,7,12-13H2,(H2,19,22)(H2,20,21,23). The molecule has 2 rings (SSSR count). The largest absolute Gasteiger partial charge is 0.369 e. The van der Waals surface area contributed by atoms with Crippen LogP contribution in [0, 0.1) is 0 Å². The molecule has 5 nitrogen and oxygen atoms in total. The average molecular weight is 311 g/mol. The maximum atomic E-state index is 11.8. The van der Waals surface area contributed by atoms with Crippen molar-refractivity contribution in [3.05, 3.63) is 65.7 Å². The molecule has 5 heteroatoms. The predicted octanol–water partition coefficient (Wildman–Crippen LogP) is 2.47. The Morgan fingerprint density at radius 3 is 2.26 bits per heavy atom. The summed E-state index contributed by atoms with van der Waals surface area (Å²) in [7, 11) is 0. The summed E-state index contributed by atoms with van der Waals surface area (Å²) in [5.74, 6) is -0.373. The van der Waals surface area contributed by atoms with Crippen LogP contribution in [0.4, 0.5) is 10.5 Å². The maximum absolute atomic E-state index is 11.8. The van der Waals surface area contributed by atoms with Crippen molar-refractivity contribution >= 4 is 17.6 Å². The van der Waals surface area contributed by atoms with Crippen LogP contribution in [0.15, 0.2) is 54.6 Å². The molecule has 120 valence electrons. The number of hydrogen-bond acceptors (Lipinski definition) is 2. The van der Waals surface area contributed by atoms with Crippen LogP contribution in [0.2, 0.25) is 0 Å². The Labute approximate surface area is 135 Å². The van der Waals surface area contributed by atoms with Gasteiger partial charge < -0.3 is 16.4 Å². The van der Waals surface area contributed by atoms with Crippen LogP contribution in [0.3, 0.4) is 0 Å². The molecule has 0 aliphatic rings. The minimum atomic E-state index is -0.373. The van der Waals surface area contributed by atoms with E-state index in [1.54, 1.807) is 24.3 Å². The summed E-state index contributed by atoms with van der Waals surface area (Å²) in [5, 5.41) is 5.58. The molecule has 2 aromatic rings. The molecule has 0 aliphatic heterocycles. The van der Waals surface area contributed by atoms with Gasteiger partial charge in [0.25, 0.3) is 0 Å². The van der Waals surface area contributed by atoms with Gasteiger partial charge in [0.1, 0.15) is 0 Å². The third-order valence-corrected chi connectivity index (χ3v) is 3.36. The number of aryl methyl sites for hydroxylation is 1. The number of carbonyl (C=O) groups is 2. The highest BCUT2D eigenvalue weighted by Crippen LogP contribution is 2.09. The van der Waals surface area contributed by atoms with E-state index in [1.165, 1.54) is 5.56 Å². The number of urea groups is 1. The van der Waals surface area contributed by atoms with Gasteiger partial charge in [-0.25, -0.2) is 4.79 Å². The van der Waals surface area contributed by atoms with Gasteiger partial charge in [-0.15, -0.1) is 0 Å². The van der Waals surface area contributed by atoms with Gasteiger partial charge in [0.05, 0.1) is 6.42 Å². The number of rotatable bonds is 7. The lowest BCUT2D eigenvalue weighted by atomic mass is 10.1. The second-order valence-electron chi connectivity index (χ2n) is 5.31. The van der Waals surface area contributed by atoms with Crippen molar-refractivity contribution in [3.8, 4) is 0 Å². The first-order valence-corrected chi connectivity index (χ1v) is 7.59. The fourth-order valence-corrected chi connectivity index (χ4v) is 2.22. The summed E-state index contributed by atoms with van der Waals surface area (Å²) in [4.78, 5) is 22.6. The number of anilines is 1. The molecule has 3 amide bonds. The van der Waals surface area contributed by atoms with Crippen LogP contribution in [0.25, 0.3) is 0 Å². The van der Waals surface area contributed by atoms with E-state index in [9.17, 15) is 9.59 Å². The first kappa shape index (κ1) is 16.5. The minimum absolute atomic E-state index is 0.200. The van der Waals surface area contributed by atoms with E-state index < -0.39 is 0 Å². The molecule has 0 saturated carbocycles. The molecule has 0 bridgehead atoms. The molecule has 0 saturated heterocycles. The number of nitrogens with one attached hydrogen (secondary N) is 2. The Morgan fingerprint density at radius 1 is 0.913 bits per heavy atom. The van der Waals surface area contributed by atoms with Crippen LogP contribution in [0.5, 0.6) is 0 Å². The molecule has 0 heterocycles. The lowest BCUT2D eigenvalue weighted by Crippen LogP contribution is -2.29. The Kier molecular flexibility index (Phi) is 6.17. The van der Waals surface area contributed by atoms with Crippen molar-refractivity contribution < 1.29 is 9.59 Å². The zero-order valence-electron chi connectivity index (χ0n) is 12.9. The van der Waals surface area contributed by atoms with E-state index in [2.05, 4.69) is 22.8 Å². The monoisotopic (exact) mass is 311 g/mol. The first-order chi connectivity index (χ1) is 11.1. The van der Waals surface area contributed by atoms with Gasteiger partial charge in [0.15, 0.2) is 0 Å². The summed E-state index contributed by atoms with van der Waals surface area (Å²) in [6, 6.07) is 17.0. The van der Waals surface area contributed by atoms with Crippen LogP contribution in [-0.4, -0.2) is 18.5 Å². The van der Waals surface area contributed by atoms with Crippen molar-refractivity contribution in [2.45, 2.75) is 19.3 Å². The van der Waals surface area contributed by atoms with E-state index in [-0.39, 0.29) is 18.4 Å². The number of carbonyl (C=O) groups excluding carboxylic acids is 2. The smallest absolute Gasteiger partial charge is 0.319 e. The van der Waals surface area contributed by atoms with Crippen molar-refractivity contribution in [2.24, 2.45) is 5.73 Å². The Hall–Kier alpha value is -2.82. The van der Waals surface area contributed by atoms with E-state index in [0.29, 0.717) is 12.2 Å². The fourth-order valence-electron chi connectivity index (χ4n) is 2.22. The highest BCUT2D eigenvalue weighted by molar-refractivity contribution is 5.89. The lowest BCUT2D eigenvalue weighted by molar-refractivity contribution is -0.117. The maximum Gasteiger partial charge on any atom is 0.319 e. The average Bonchev–Trinajstić information content (AvgIpc) is 2.54. The van der Waals surface area contributed by atoms with Crippen LogP contribution in [-0.2, 0) is 17.6 Å². The number of benzene rings is 2. The molecule has 0 aromatic heterocycles. The second kappa shape index (κ2) is 8.58. The minimum Gasteiger partial charge on any atom is -0.369 e. The summed E-state index contributed by atoms with van der Waals surface area (Å²) in [5.41, 5.74) is 7.90. The van der Waals surface area contributed by atoms with Gasteiger partial charge >= 0.3 is 6.03 Å². The molecule has 23 heavy (non-hydrogen) atoms. The molecule has 0 unspecified atom stereocenters. The highest BCUT2D eigenvalue weighted by atomic mass is 16.2. The summed E-state index contributed by atoms with van der Waals surface area (Å²) in [6.45, 7) is 0.612. The lowest BCUT2D eigenvalue weighted by Gasteiger charge is -2.08. The number of primary amides is 1. The van der Waals surface area contributed by atoms with Gasteiger partial charge in [-0.05, 0) is 36.1 Å². The van der Waals surface area contributed by atoms with E-state index in [1.807, 2.05) is 18.2 Å². The molecule has 0 radical (unpaired) electrons. The normalized spacial score (nSPS) is 10.1.